The third-order valence-electron chi connectivity index (χ3n) is 3.77. The first kappa shape index (κ1) is 19.5. The lowest BCUT2D eigenvalue weighted by atomic mass is 10.0. The number of nitrogens with one attached hydrogen (secondary N) is 1. The first-order valence-electron chi connectivity index (χ1n) is 8.24. The van der Waals surface area contributed by atoms with Crippen LogP contribution < -0.4 is 10.1 Å². The summed E-state index contributed by atoms with van der Waals surface area (Å²) >= 11 is 0. The van der Waals surface area contributed by atoms with E-state index in [9.17, 15) is 14.7 Å². The maximum absolute atomic E-state index is 12.4. The van der Waals surface area contributed by atoms with Gasteiger partial charge in [0, 0.05) is 12.7 Å². The van der Waals surface area contributed by atoms with E-state index in [1.165, 1.54) is 0 Å². The molecule has 2 aromatic rings. The molecule has 2 rings (SSSR count). The molecule has 0 aliphatic rings. The number of ether oxygens (including phenoxy) is 2. The van der Waals surface area contributed by atoms with Gasteiger partial charge in [-0.2, -0.15) is 0 Å². The quantitative estimate of drug-likeness (QED) is 0.710. The predicted octanol–water partition coefficient (Wildman–Crippen LogP) is 2.88. The van der Waals surface area contributed by atoms with Crippen molar-refractivity contribution in [1.29, 1.82) is 0 Å². The summed E-state index contributed by atoms with van der Waals surface area (Å²) in [7, 11) is 1.59. The number of methoxy groups -OCH3 is 1. The van der Waals surface area contributed by atoms with Crippen LogP contribution in [0, 0.1) is 13.8 Å². The molecule has 2 N–H and O–H groups in total. The number of carbonyl (C=O) groups is 2. The first-order chi connectivity index (χ1) is 12.4. The van der Waals surface area contributed by atoms with Crippen LogP contribution in [0.4, 0.5) is 0 Å². The Morgan fingerprint density at radius 2 is 1.65 bits per heavy atom. The molecule has 6 nitrogen and oxygen atoms in total. The van der Waals surface area contributed by atoms with Crippen molar-refractivity contribution in [2.24, 2.45) is 0 Å². The molecule has 0 radical (unpaired) electrons. The van der Waals surface area contributed by atoms with Gasteiger partial charge in [0.2, 0.25) is 0 Å². The van der Waals surface area contributed by atoms with Crippen molar-refractivity contribution in [2.75, 3.05) is 20.3 Å². The summed E-state index contributed by atoms with van der Waals surface area (Å²) in [4.78, 5) is 24.1. The van der Waals surface area contributed by atoms with Crippen molar-refractivity contribution >= 4 is 11.9 Å². The highest BCUT2D eigenvalue weighted by molar-refractivity contribution is 5.96. The van der Waals surface area contributed by atoms with Crippen molar-refractivity contribution in [1.82, 2.24) is 5.32 Å². The number of hydrogen-bond acceptors (Lipinski definition) is 4. The molecule has 0 fully saturated rings. The molecule has 0 saturated carbocycles. The molecule has 1 atom stereocenters. The van der Waals surface area contributed by atoms with Gasteiger partial charge in [0.05, 0.1) is 6.61 Å². The maximum Gasteiger partial charge on any atom is 0.330 e. The van der Waals surface area contributed by atoms with E-state index in [2.05, 4.69) is 5.32 Å². The molecule has 0 heterocycles. The van der Waals surface area contributed by atoms with Gasteiger partial charge in [-0.05, 0) is 43.7 Å². The SMILES string of the molecule is COCCOc1ccc(C(=O)NC(C(=O)O)c2cc(C)cc(C)c2)cc1. The Kier molecular flexibility index (Phi) is 6.74. The molecule has 2 aromatic carbocycles. The van der Waals surface area contributed by atoms with Gasteiger partial charge >= 0.3 is 5.97 Å². The lowest BCUT2D eigenvalue weighted by Gasteiger charge is -2.16. The third-order valence-corrected chi connectivity index (χ3v) is 3.77. The lowest BCUT2D eigenvalue weighted by molar-refractivity contribution is -0.139. The van der Waals surface area contributed by atoms with Crippen LogP contribution in [0.25, 0.3) is 0 Å². The minimum Gasteiger partial charge on any atom is -0.491 e. The molecule has 6 heteroatoms. The predicted molar refractivity (Wildman–Crippen MR) is 97.6 cm³/mol. The van der Waals surface area contributed by atoms with E-state index in [0.717, 1.165) is 11.1 Å². The second-order valence-electron chi connectivity index (χ2n) is 6.03. The molecule has 0 aliphatic heterocycles. The number of aliphatic carboxylic acids is 1. The number of aryl methyl sites for hydroxylation is 2. The number of benzene rings is 2. The Labute approximate surface area is 152 Å². The Hall–Kier alpha value is -2.86. The largest absolute Gasteiger partial charge is 0.491 e. The number of carbonyl (C=O) groups excluding carboxylic acids is 1. The Morgan fingerprint density at radius 1 is 1.04 bits per heavy atom. The zero-order valence-corrected chi connectivity index (χ0v) is 15.1. The molecule has 1 amide bonds. The zero-order valence-electron chi connectivity index (χ0n) is 15.1. The van der Waals surface area contributed by atoms with E-state index in [-0.39, 0.29) is 0 Å². The monoisotopic (exact) mass is 357 g/mol. The lowest BCUT2D eigenvalue weighted by Crippen LogP contribution is -2.33. The summed E-state index contributed by atoms with van der Waals surface area (Å²) < 4.78 is 10.4. The van der Waals surface area contributed by atoms with Gasteiger partial charge in [-0.1, -0.05) is 29.3 Å². The molecule has 1 unspecified atom stereocenters. The van der Waals surface area contributed by atoms with Crippen molar-refractivity contribution in [3.05, 3.63) is 64.7 Å². The van der Waals surface area contributed by atoms with E-state index >= 15 is 0 Å². The minimum atomic E-state index is -1.11. The van der Waals surface area contributed by atoms with Gasteiger partial charge in [0.1, 0.15) is 12.4 Å². The standard InChI is InChI=1S/C20H23NO5/c1-13-10-14(2)12-16(11-13)18(20(23)24)21-19(22)15-4-6-17(7-5-15)26-9-8-25-3/h4-7,10-12,18H,8-9H2,1-3H3,(H,21,22)(H,23,24). The number of hydrogen-bond donors (Lipinski definition) is 2. The summed E-state index contributed by atoms with van der Waals surface area (Å²) in [5.41, 5.74) is 2.79. The minimum absolute atomic E-state index is 0.361. The molecule has 26 heavy (non-hydrogen) atoms. The van der Waals surface area contributed by atoms with Crippen molar-refractivity contribution in [3.8, 4) is 5.75 Å². The summed E-state index contributed by atoms with van der Waals surface area (Å²) in [6.45, 7) is 4.66. The summed E-state index contributed by atoms with van der Waals surface area (Å²) in [6, 6.07) is 10.9. The molecular weight excluding hydrogens is 334 g/mol. The Bertz CT molecular complexity index is 750. The Balaban J connectivity index is 2.11. The van der Waals surface area contributed by atoms with Crippen LogP contribution >= 0.6 is 0 Å². The smallest absolute Gasteiger partial charge is 0.330 e. The van der Waals surface area contributed by atoms with E-state index in [1.54, 1.807) is 43.5 Å². The van der Waals surface area contributed by atoms with Crippen LogP contribution in [0.15, 0.2) is 42.5 Å². The van der Waals surface area contributed by atoms with Gasteiger partial charge in [0.25, 0.3) is 5.91 Å². The highest BCUT2D eigenvalue weighted by Gasteiger charge is 2.23. The fourth-order valence-electron chi connectivity index (χ4n) is 2.62. The van der Waals surface area contributed by atoms with Gasteiger partial charge in [0.15, 0.2) is 6.04 Å². The maximum atomic E-state index is 12.4. The fraction of sp³-hybridized carbons (Fsp3) is 0.300. The molecular formula is C20H23NO5. The number of carboxylic acid groups (broad SMARTS) is 1. The molecule has 0 aromatic heterocycles. The molecule has 0 aliphatic carbocycles. The van der Waals surface area contributed by atoms with Gasteiger partial charge in [-0.25, -0.2) is 4.79 Å². The second-order valence-corrected chi connectivity index (χ2v) is 6.03. The van der Waals surface area contributed by atoms with Crippen LogP contribution in [0.2, 0.25) is 0 Å². The van der Waals surface area contributed by atoms with Crippen LogP contribution in [0.3, 0.4) is 0 Å². The summed E-state index contributed by atoms with van der Waals surface area (Å²) in [5, 5.41) is 12.1. The average molecular weight is 357 g/mol. The number of rotatable bonds is 8. The van der Waals surface area contributed by atoms with Gasteiger partial charge in [-0.15, -0.1) is 0 Å². The van der Waals surface area contributed by atoms with E-state index in [0.29, 0.717) is 30.1 Å². The zero-order chi connectivity index (χ0) is 19.1. The van der Waals surface area contributed by atoms with Gasteiger partial charge < -0.3 is 19.9 Å². The van der Waals surface area contributed by atoms with E-state index in [1.807, 2.05) is 19.9 Å². The van der Waals surface area contributed by atoms with Crippen LogP contribution in [0.1, 0.15) is 33.1 Å². The average Bonchev–Trinajstić information content (AvgIpc) is 2.59. The van der Waals surface area contributed by atoms with Crippen molar-refractivity contribution in [2.45, 2.75) is 19.9 Å². The highest BCUT2D eigenvalue weighted by Crippen LogP contribution is 2.19. The van der Waals surface area contributed by atoms with E-state index < -0.39 is 17.9 Å². The van der Waals surface area contributed by atoms with Gasteiger partial charge in [-0.3, -0.25) is 4.79 Å². The second kappa shape index (κ2) is 9.01. The van der Waals surface area contributed by atoms with Crippen LogP contribution in [0.5, 0.6) is 5.75 Å². The van der Waals surface area contributed by atoms with E-state index in [4.69, 9.17) is 9.47 Å². The summed E-state index contributed by atoms with van der Waals surface area (Å²) in [5.74, 6) is -0.953. The first-order valence-corrected chi connectivity index (χ1v) is 8.24. The topological polar surface area (TPSA) is 84.9 Å². The molecule has 138 valence electrons. The number of carboxylic acids is 1. The molecule has 0 saturated heterocycles. The van der Waals surface area contributed by atoms with Crippen molar-refractivity contribution < 1.29 is 24.2 Å². The molecule has 0 spiro atoms. The Morgan fingerprint density at radius 3 is 2.19 bits per heavy atom. The third kappa shape index (κ3) is 5.32. The number of amides is 1. The fourth-order valence-corrected chi connectivity index (χ4v) is 2.62. The summed E-state index contributed by atoms with van der Waals surface area (Å²) in [6.07, 6.45) is 0. The van der Waals surface area contributed by atoms with Crippen molar-refractivity contribution in [3.63, 3.8) is 0 Å². The normalized spacial score (nSPS) is 11.7. The van der Waals surface area contributed by atoms with Crippen LogP contribution in [-0.4, -0.2) is 37.3 Å². The highest BCUT2D eigenvalue weighted by atomic mass is 16.5. The molecule has 0 bridgehead atoms. The van der Waals surface area contributed by atoms with Crippen LogP contribution in [-0.2, 0) is 9.53 Å².